The van der Waals surface area contributed by atoms with Gasteiger partial charge in [0.25, 0.3) is 0 Å². The van der Waals surface area contributed by atoms with E-state index in [0.717, 1.165) is 33.7 Å². The molecule has 0 fully saturated rings. The van der Waals surface area contributed by atoms with Gasteiger partial charge < -0.3 is 14.0 Å². The van der Waals surface area contributed by atoms with Gasteiger partial charge in [-0.05, 0) is 71.8 Å². The van der Waals surface area contributed by atoms with E-state index < -0.39 is 0 Å². The van der Waals surface area contributed by atoms with Crippen LogP contribution >= 0.6 is 0 Å². The van der Waals surface area contributed by atoms with Crippen molar-refractivity contribution in [1.29, 1.82) is 0 Å². The molecule has 5 heteroatoms. The van der Waals surface area contributed by atoms with E-state index in [1.165, 1.54) is 0 Å². The maximum atomic E-state index is 14.4. The standard InChI is InChI=1S/C38H22N2O3/c41-36-26-14-7-8-17-29(26)40-31-20-21-32-38(34(31)37(42)28-16-9-15-27(36)35(28)40)43-33-22-24(23-10-3-1-4-11-23)18-19-30(33)39(32)25-12-5-2-6-13-25/h1-22H. The molecule has 0 saturated heterocycles. The second-order valence-corrected chi connectivity index (χ2v) is 10.8. The van der Waals surface area contributed by atoms with Crippen LogP contribution < -0.4 is 20.5 Å². The molecule has 202 valence electrons. The third-order valence-electron chi connectivity index (χ3n) is 8.50. The van der Waals surface area contributed by atoms with Crippen molar-refractivity contribution in [3.8, 4) is 22.6 Å². The first-order valence-corrected chi connectivity index (χ1v) is 14.2. The van der Waals surface area contributed by atoms with Crippen molar-refractivity contribution in [2.24, 2.45) is 0 Å². The van der Waals surface area contributed by atoms with Gasteiger partial charge in [-0.1, -0.05) is 72.8 Å². The third kappa shape index (κ3) is 3.27. The molecule has 3 heterocycles. The molecule has 0 amide bonds. The number of aromatic nitrogens is 1. The van der Waals surface area contributed by atoms with E-state index in [1.54, 1.807) is 18.2 Å². The molecule has 0 atom stereocenters. The van der Waals surface area contributed by atoms with Gasteiger partial charge in [-0.15, -0.1) is 0 Å². The lowest BCUT2D eigenvalue weighted by Gasteiger charge is -2.34. The minimum absolute atomic E-state index is 0.0771. The molecule has 0 saturated carbocycles. The smallest absolute Gasteiger partial charge is 0.201 e. The second-order valence-electron chi connectivity index (χ2n) is 10.8. The van der Waals surface area contributed by atoms with Crippen molar-refractivity contribution in [2.45, 2.75) is 0 Å². The zero-order valence-corrected chi connectivity index (χ0v) is 22.8. The minimum Gasteiger partial charge on any atom is -0.452 e. The largest absolute Gasteiger partial charge is 0.452 e. The number of ether oxygens (including phenoxy) is 1. The van der Waals surface area contributed by atoms with E-state index in [1.807, 2.05) is 83.3 Å². The Kier molecular flexibility index (Phi) is 4.85. The van der Waals surface area contributed by atoms with Crippen molar-refractivity contribution in [1.82, 2.24) is 4.40 Å². The number of pyridine rings is 2. The molecule has 5 nitrogen and oxygen atoms in total. The fraction of sp³-hybridized carbons (Fsp3) is 0. The number of fused-ring (bicyclic) bond motifs is 7. The van der Waals surface area contributed by atoms with Crippen LogP contribution in [-0.2, 0) is 0 Å². The van der Waals surface area contributed by atoms with Crippen LogP contribution in [0.4, 0.5) is 17.1 Å². The zero-order valence-electron chi connectivity index (χ0n) is 22.8. The second kappa shape index (κ2) is 8.78. The molecule has 0 aliphatic carbocycles. The summed E-state index contributed by atoms with van der Waals surface area (Å²) in [5, 5.41) is 2.09. The maximum Gasteiger partial charge on any atom is 0.201 e. The molecule has 0 radical (unpaired) electrons. The molecule has 43 heavy (non-hydrogen) atoms. The van der Waals surface area contributed by atoms with Gasteiger partial charge in [0.15, 0.2) is 16.9 Å². The van der Waals surface area contributed by atoms with Crippen LogP contribution in [-0.4, -0.2) is 4.40 Å². The average Bonchev–Trinajstić information content (AvgIpc) is 3.07. The van der Waals surface area contributed by atoms with Crippen LogP contribution in [0.5, 0.6) is 11.5 Å². The first-order valence-electron chi connectivity index (χ1n) is 14.2. The van der Waals surface area contributed by atoms with E-state index in [2.05, 4.69) is 41.3 Å². The number of benzene rings is 6. The van der Waals surface area contributed by atoms with Crippen molar-refractivity contribution < 1.29 is 4.74 Å². The summed E-state index contributed by atoms with van der Waals surface area (Å²) in [4.78, 5) is 30.1. The van der Waals surface area contributed by atoms with E-state index in [4.69, 9.17) is 4.74 Å². The molecule has 0 unspecified atom stereocenters. The highest BCUT2D eigenvalue weighted by Gasteiger charge is 2.30. The summed E-state index contributed by atoms with van der Waals surface area (Å²) >= 11 is 0. The van der Waals surface area contributed by atoms with Gasteiger partial charge in [-0.3, -0.25) is 9.59 Å². The lowest BCUT2D eigenvalue weighted by Crippen LogP contribution is -2.19. The third-order valence-corrected chi connectivity index (χ3v) is 8.50. The van der Waals surface area contributed by atoms with Gasteiger partial charge in [0, 0.05) is 21.8 Å². The number of para-hydroxylation sites is 3. The van der Waals surface area contributed by atoms with Gasteiger partial charge in [0.2, 0.25) is 5.43 Å². The molecule has 8 aromatic rings. The van der Waals surface area contributed by atoms with Gasteiger partial charge in [0.05, 0.1) is 33.3 Å². The highest BCUT2D eigenvalue weighted by Crippen LogP contribution is 2.53. The molecule has 1 aliphatic rings. The summed E-state index contributed by atoms with van der Waals surface area (Å²) in [5.41, 5.74) is 6.56. The van der Waals surface area contributed by atoms with Crippen molar-refractivity contribution in [3.05, 3.63) is 154 Å². The highest BCUT2D eigenvalue weighted by atomic mass is 16.5. The summed E-state index contributed by atoms with van der Waals surface area (Å²) in [7, 11) is 0. The SMILES string of the molecule is O=c1c2ccccc2n2c3ccc4c(c3c(=O)c3cccc1c32)Oc1cc(-c2ccccc2)ccc1N4c1ccccc1. The molecule has 0 bridgehead atoms. The van der Waals surface area contributed by atoms with Crippen molar-refractivity contribution in [3.63, 3.8) is 0 Å². The number of hydrogen-bond acceptors (Lipinski definition) is 4. The normalized spacial score (nSPS) is 12.5. The molecule has 9 rings (SSSR count). The molecule has 0 N–H and O–H groups in total. The van der Waals surface area contributed by atoms with E-state index in [9.17, 15) is 9.59 Å². The number of hydrogen-bond donors (Lipinski definition) is 0. The van der Waals surface area contributed by atoms with Crippen molar-refractivity contribution >= 4 is 55.2 Å². The van der Waals surface area contributed by atoms with Gasteiger partial charge >= 0.3 is 0 Å². The summed E-state index contributed by atoms with van der Waals surface area (Å²) in [5.74, 6) is 1.15. The molecule has 2 aromatic heterocycles. The summed E-state index contributed by atoms with van der Waals surface area (Å²) < 4.78 is 8.82. The Balaban J connectivity index is 1.42. The predicted molar refractivity (Wildman–Crippen MR) is 174 cm³/mol. The Morgan fingerprint density at radius 3 is 2.00 bits per heavy atom. The fourth-order valence-corrected chi connectivity index (χ4v) is 6.59. The predicted octanol–water partition coefficient (Wildman–Crippen LogP) is 8.80. The topological polar surface area (TPSA) is 51.0 Å². The first kappa shape index (κ1) is 23.7. The van der Waals surface area contributed by atoms with Crippen LogP contribution in [0.1, 0.15) is 0 Å². The average molecular weight is 555 g/mol. The van der Waals surface area contributed by atoms with E-state index >= 15 is 0 Å². The first-order chi connectivity index (χ1) is 21.2. The molecular formula is C38H22N2O3. The quantitative estimate of drug-likeness (QED) is 0.158. The Bertz CT molecular complexity index is 2520. The maximum absolute atomic E-state index is 14.4. The lowest BCUT2D eigenvalue weighted by molar-refractivity contribution is 0.482. The molecule has 0 spiro atoms. The number of nitrogens with zero attached hydrogens (tertiary/aromatic N) is 2. The molecule has 1 aliphatic heterocycles. The zero-order chi connectivity index (χ0) is 28.7. The minimum atomic E-state index is -0.164. The Labute approximate surface area is 245 Å². The summed E-state index contributed by atoms with van der Waals surface area (Å²) in [6.07, 6.45) is 0. The van der Waals surface area contributed by atoms with Gasteiger partial charge in [-0.25, -0.2) is 0 Å². The van der Waals surface area contributed by atoms with Crippen LogP contribution in [0.15, 0.2) is 143 Å². The summed E-state index contributed by atoms with van der Waals surface area (Å²) in [6.45, 7) is 0. The Hall–Kier alpha value is -5.94. The lowest BCUT2D eigenvalue weighted by atomic mass is 10.00. The highest BCUT2D eigenvalue weighted by molar-refractivity contribution is 6.10. The number of anilines is 3. The van der Waals surface area contributed by atoms with Crippen LogP contribution in [0.25, 0.3) is 49.2 Å². The van der Waals surface area contributed by atoms with Crippen LogP contribution in [0.2, 0.25) is 0 Å². The van der Waals surface area contributed by atoms with Gasteiger partial charge in [0.1, 0.15) is 0 Å². The molecular weight excluding hydrogens is 532 g/mol. The Morgan fingerprint density at radius 2 is 1.19 bits per heavy atom. The van der Waals surface area contributed by atoms with Crippen molar-refractivity contribution in [2.75, 3.05) is 4.90 Å². The molecule has 6 aromatic carbocycles. The van der Waals surface area contributed by atoms with E-state index in [0.29, 0.717) is 44.1 Å². The monoisotopic (exact) mass is 554 g/mol. The van der Waals surface area contributed by atoms with Crippen LogP contribution in [0, 0.1) is 0 Å². The van der Waals surface area contributed by atoms with Gasteiger partial charge in [-0.2, -0.15) is 0 Å². The Morgan fingerprint density at radius 1 is 0.512 bits per heavy atom. The summed E-state index contributed by atoms with van der Waals surface area (Å²) in [6, 6.07) is 43.4. The number of rotatable bonds is 2. The fourth-order valence-electron chi connectivity index (χ4n) is 6.59. The van der Waals surface area contributed by atoms with Crippen LogP contribution in [0.3, 0.4) is 0 Å². The van der Waals surface area contributed by atoms with E-state index in [-0.39, 0.29) is 10.9 Å².